The van der Waals surface area contributed by atoms with Crippen LogP contribution in [-0.2, 0) is 19.5 Å². The van der Waals surface area contributed by atoms with E-state index in [-0.39, 0.29) is 57.5 Å². The van der Waals surface area contributed by atoms with E-state index in [0.717, 1.165) is 0 Å². The molecule has 12 heteroatoms. The van der Waals surface area contributed by atoms with E-state index in [9.17, 15) is 0 Å². The predicted molar refractivity (Wildman–Crippen MR) is 46.9 cm³/mol. The first-order valence-electron chi connectivity index (χ1n) is 1.40. The molecular formula is H8KNO7S3. The van der Waals surface area contributed by atoms with Crippen molar-refractivity contribution in [2.45, 2.75) is 0 Å². The van der Waals surface area contributed by atoms with Gasteiger partial charge in [-0.1, -0.05) is 0 Å². The van der Waals surface area contributed by atoms with Crippen molar-refractivity contribution in [3.63, 3.8) is 0 Å². The topological polar surface area (TPSA) is 164 Å². The maximum absolute atomic E-state index is 9.05. The van der Waals surface area contributed by atoms with Gasteiger partial charge in [-0.3, -0.25) is 13.7 Å². The molecule has 0 aliphatic heterocycles. The van der Waals surface area contributed by atoms with Crippen LogP contribution in [0.1, 0.15) is 0 Å². The fraction of sp³-hybridized carbons (Fsp3) is 0. The molecule has 0 radical (unpaired) electrons. The van der Waals surface area contributed by atoms with Gasteiger partial charge in [0.25, 0.3) is 0 Å². The molecule has 0 amide bonds. The van der Waals surface area contributed by atoms with Gasteiger partial charge in [0.1, 0.15) is 0 Å². The number of hydrogen-bond donors (Lipinski definition) is 5. The summed E-state index contributed by atoms with van der Waals surface area (Å²) in [6.45, 7) is 0. The van der Waals surface area contributed by atoms with Crippen LogP contribution in [0.3, 0.4) is 0 Å². The van der Waals surface area contributed by atoms with E-state index in [4.69, 9.17) is 30.5 Å². The molecule has 74 valence electrons. The van der Waals surface area contributed by atoms with Crippen LogP contribution in [-0.4, -0.2) is 81.9 Å². The molecule has 0 aromatic carbocycles. The van der Waals surface area contributed by atoms with Gasteiger partial charge in [0.05, 0.1) is 0 Å². The van der Waals surface area contributed by atoms with Crippen LogP contribution in [0.2, 0.25) is 0 Å². The van der Waals surface area contributed by atoms with Gasteiger partial charge in [-0.05, 0) is 11.7 Å². The van der Waals surface area contributed by atoms with Crippen molar-refractivity contribution in [2.24, 2.45) is 0 Å². The van der Waals surface area contributed by atoms with Crippen LogP contribution in [0.4, 0.5) is 0 Å². The predicted octanol–water partition coefficient (Wildman–Crippen LogP) is -1.42. The first kappa shape index (κ1) is 23.5. The normalized spacial score (nSPS) is 9.67. The molecule has 0 aliphatic carbocycles. The molecular weight excluding hydrogens is 261 g/mol. The van der Waals surface area contributed by atoms with Gasteiger partial charge in [0, 0.05) is 0 Å². The third-order valence-electron chi connectivity index (χ3n) is 0. The van der Waals surface area contributed by atoms with Crippen molar-refractivity contribution in [2.75, 3.05) is 0 Å². The summed E-state index contributed by atoms with van der Waals surface area (Å²) in [4.78, 5) is 0. The van der Waals surface area contributed by atoms with E-state index in [1.165, 1.54) is 0 Å². The zero-order valence-corrected chi connectivity index (χ0v) is 7.47. The van der Waals surface area contributed by atoms with Gasteiger partial charge < -0.3 is 6.15 Å². The van der Waals surface area contributed by atoms with Crippen molar-refractivity contribution >= 4 is 82.6 Å². The summed E-state index contributed by atoms with van der Waals surface area (Å²) in [5.41, 5.74) is 0. The SMILES string of the molecule is N.O=S(=O)(O)O.O=S(=O)(O)S.[KH]. The Morgan fingerprint density at radius 1 is 0.917 bits per heavy atom. The molecule has 0 aromatic heterocycles. The summed E-state index contributed by atoms with van der Waals surface area (Å²) in [7, 11) is -8.64. The molecule has 12 heavy (non-hydrogen) atoms. The molecule has 0 saturated heterocycles. The van der Waals surface area contributed by atoms with Crippen LogP contribution in [0.25, 0.3) is 0 Å². The standard InChI is InChI=1S/K.H3N.H2O4S.H2O3S2.H/c;;2*1-5(2,3)4;/h;1H3;2*(H2,1,2,3,4);. The molecule has 0 heterocycles. The molecule has 0 rings (SSSR count). The zero-order chi connectivity index (χ0) is 9.00. The van der Waals surface area contributed by atoms with E-state index >= 15 is 0 Å². The second-order valence-corrected chi connectivity index (χ2v) is 4.07. The number of rotatable bonds is 0. The van der Waals surface area contributed by atoms with Crippen LogP contribution in [0.5, 0.6) is 0 Å². The maximum atomic E-state index is 9.05. The fourth-order valence-corrected chi connectivity index (χ4v) is 0. The third kappa shape index (κ3) is 453. The van der Waals surface area contributed by atoms with Crippen molar-refractivity contribution < 1.29 is 30.5 Å². The van der Waals surface area contributed by atoms with Gasteiger partial charge in [-0.15, -0.1) is 0 Å². The summed E-state index contributed by atoms with van der Waals surface area (Å²) < 4.78 is 57.0. The van der Waals surface area contributed by atoms with E-state index < -0.39 is 19.5 Å². The molecule has 0 aromatic rings. The van der Waals surface area contributed by atoms with Crippen LogP contribution >= 0.6 is 11.7 Å². The summed E-state index contributed by atoms with van der Waals surface area (Å²) in [6.07, 6.45) is 0. The molecule has 0 atom stereocenters. The van der Waals surface area contributed by atoms with Gasteiger partial charge in [-0.2, -0.15) is 16.8 Å². The van der Waals surface area contributed by atoms with E-state index in [2.05, 4.69) is 11.7 Å². The molecule has 8 nitrogen and oxygen atoms in total. The fourth-order valence-electron chi connectivity index (χ4n) is 0. The van der Waals surface area contributed by atoms with Crippen molar-refractivity contribution in [1.29, 1.82) is 0 Å². The first-order chi connectivity index (χ1) is 4.00. The zero-order valence-electron chi connectivity index (χ0n) is 4.95. The van der Waals surface area contributed by atoms with Crippen molar-refractivity contribution in [1.82, 2.24) is 6.15 Å². The molecule has 0 aliphatic rings. The Balaban J connectivity index is -0.0000000457. The third-order valence-corrected chi connectivity index (χ3v) is 0. The summed E-state index contributed by atoms with van der Waals surface area (Å²) in [6, 6.07) is 0. The molecule has 0 bridgehead atoms. The van der Waals surface area contributed by atoms with E-state index in [1.807, 2.05) is 0 Å². The monoisotopic (exact) mass is 269 g/mol. The average molecular weight is 269 g/mol. The van der Waals surface area contributed by atoms with Crippen molar-refractivity contribution in [3.05, 3.63) is 0 Å². The molecule has 0 unspecified atom stereocenters. The molecule has 0 spiro atoms. The van der Waals surface area contributed by atoms with Gasteiger partial charge >= 0.3 is 70.9 Å². The van der Waals surface area contributed by atoms with E-state index in [0.29, 0.717) is 0 Å². The Bertz CT molecular complexity index is 215. The Hall–Kier alpha value is 1.73. The molecule has 6 N–H and O–H groups in total. The quantitative estimate of drug-likeness (QED) is 0.155. The number of thiol groups is 1. The Labute approximate surface area is 117 Å². The minimum atomic E-state index is -4.67. The Morgan fingerprint density at radius 2 is 0.917 bits per heavy atom. The van der Waals surface area contributed by atoms with Gasteiger partial charge in [-0.25, -0.2) is 0 Å². The van der Waals surface area contributed by atoms with E-state index in [1.54, 1.807) is 0 Å². The van der Waals surface area contributed by atoms with Crippen LogP contribution in [0, 0.1) is 0 Å². The first-order valence-corrected chi connectivity index (χ1v) is 5.29. The van der Waals surface area contributed by atoms with Crippen molar-refractivity contribution in [3.8, 4) is 0 Å². The Kier molecular flexibility index (Phi) is 18.2. The molecule has 0 fully saturated rings. The molecule has 0 saturated carbocycles. The van der Waals surface area contributed by atoms with Crippen LogP contribution in [0.15, 0.2) is 0 Å². The van der Waals surface area contributed by atoms with Gasteiger partial charge in [0.15, 0.2) is 0 Å². The summed E-state index contributed by atoms with van der Waals surface area (Å²) >= 11 is 2.65. The minimum absolute atomic E-state index is 0. The summed E-state index contributed by atoms with van der Waals surface area (Å²) in [5.74, 6) is 0. The van der Waals surface area contributed by atoms with Gasteiger partial charge in [0.2, 0.25) is 0 Å². The Morgan fingerprint density at radius 3 is 0.917 bits per heavy atom. The average Bonchev–Trinajstić information content (AvgIpc) is 1.12. The van der Waals surface area contributed by atoms with Crippen LogP contribution < -0.4 is 6.15 Å². The second kappa shape index (κ2) is 9.29. The second-order valence-electron chi connectivity index (χ2n) is 0.896. The number of hydrogen-bond acceptors (Lipinski definition) is 5. The summed E-state index contributed by atoms with van der Waals surface area (Å²) in [5, 5.41) is 0.